The number of aromatic nitrogens is 2. The van der Waals surface area contributed by atoms with Gasteiger partial charge in [0.05, 0.1) is 12.1 Å². The fraction of sp³-hybridized carbons (Fsp3) is 0.750. The Kier molecular flexibility index (Phi) is 4.29. The number of hydrogen-bond donors (Lipinski definition) is 2. The van der Waals surface area contributed by atoms with Gasteiger partial charge in [0.1, 0.15) is 17.5 Å². The van der Waals surface area contributed by atoms with Crippen LogP contribution in [0.25, 0.3) is 0 Å². The van der Waals surface area contributed by atoms with Crippen LogP contribution < -0.4 is 10.2 Å². The van der Waals surface area contributed by atoms with E-state index in [0.717, 1.165) is 43.3 Å². The Hall–Kier alpha value is -1.36. The van der Waals surface area contributed by atoms with Crippen LogP contribution in [-0.2, 0) is 0 Å². The van der Waals surface area contributed by atoms with Gasteiger partial charge in [-0.25, -0.2) is 9.97 Å². The maximum Gasteiger partial charge on any atom is 0.136 e. The van der Waals surface area contributed by atoms with Crippen molar-refractivity contribution < 1.29 is 5.11 Å². The Balaban J connectivity index is 1.85. The van der Waals surface area contributed by atoms with Gasteiger partial charge in [-0.15, -0.1) is 0 Å². The summed E-state index contributed by atoms with van der Waals surface area (Å²) in [5.74, 6) is 3.34. The van der Waals surface area contributed by atoms with Crippen molar-refractivity contribution in [2.75, 3.05) is 23.8 Å². The van der Waals surface area contributed by atoms with Crippen molar-refractivity contribution >= 4 is 11.6 Å². The average molecular weight is 290 g/mol. The summed E-state index contributed by atoms with van der Waals surface area (Å²) in [6, 6.07) is 2.19. The number of hydrogen-bond acceptors (Lipinski definition) is 5. The number of anilines is 2. The Morgan fingerprint density at radius 3 is 2.67 bits per heavy atom. The monoisotopic (exact) mass is 290 g/mol. The highest BCUT2D eigenvalue weighted by Gasteiger charge is 2.30. The minimum atomic E-state index is -0.245. The van der Waals surface area contributed by atoms with Gasteiger partial charge in [0.2, 0.25) is 0 Å². The molecule has 5 heteroatoms. The molecule has 0 amide bonds. The summed E-state index contributed by atoms with van der Waals surface area (Å²) >= 11 is 0. The summed E-state index contributed by atoms with van der Waals surface area (Å²) in [5, 5.41) is 13.6. The zero-order chi connectivity index (χ0) is 14.8. The number of rotatable bonds is 5. The average Bonchev–Trinajstić information content (AvgIpc) is 3.32. The molecule has 1 heterocycles. The highest BCUT2D eigenvalue weighted by molar-refractivity contribution is 5.50. The zero-order valence-electron chi connectivity index (χ0n) is 13.0. The van der Waals surface area contributed by atoms with Crippen LogP contribution in [-0.4, -0.2) is 40.8 Å². The fourth-order valence-corrected chi connectivity index (χ4v) is 3.14. The number of aliphatic hydroxyl groups excluding tert-OH is 1. The summed E-state index contributed by atoms with van der Waals surface area (Å²) in [5.41, 5.74) is 0. The molecule has 0 radical (unpaired) electrons. The van der Waals surface area contributed by atoms with Gasteiger partial charge >= 0.3 is 0 Å². The van der Waals surface area contributed by atoms with Crippen LogP contribution in [0.4, 0.5) is 11.6 Å². The van der Waals surface area contributed by atoms with E-state index in [1.54, 1.807) is 0 Å². The lowest BCUT2D eigenvalue weighted by Crippen LogP contribution is -2.44. The van der Waals surface area contributed by atoms with Gasteiger partial charge in [-0.1, -0.05) is 12.8 Å². The van der Waals surface area contributed by atoms with Crippen molar-refractivity contribution in [1.82, 2.24) is 9.97 Å². The smallest absolute Gasteiger partial charge is 0.136 e. The largest absolute Gasteiger partial charge is 0.391 e. The van der Waals surface area contributed by atoms with Crippen molar-refractivity contribution in [3.8, 4) is 0 Å². The normalized spacial score (nSPS) is 25.7. The van der Waals surface area contributed by atoms with E-state index in [2.05, 4.69) is 22.1 Å². The molecule has 1 aromatic rings. The van der Waals surface area contributed by atoms with Gasteiger partial charge in [0.15, 0.2) is 0 Å². The van der Waals surface area contributed by atoms with Crippen LogP contribution in [0.3, 0.4) is 0 Å². The molecule has 0 aliphatic heterocycles. The van der Waals surface area contributed by atoms with E-state index in [0.29, 0.717) is 5.92 Å². The van der Waals surface area contributed by atoms with Gasteiger partial charge in [-0.2, -0.15) is 0 Å². The Morgan fingerprint density at radius 2 is 2.00 bits per heavy atom. The van der Waals surface area contributed by atoms with Crippen LogP contribution in [0, 0.1) is 0 Å². The maximum absolute atomic E-state index is 10.3. The van der Waals surface area contributed by atoms with Crippen LogP contribution in [0.15, 0.2) is 6.07 Å². The lowest BCUT2D eigenvalue weighted by atomic mass is 9.91. The molecule has 2 aliphatic rings. The van der Waals surface area contributed by atoms with Crippen molar-refractivity contribution in [3.05, 3.63) is 11.9 Å². The number of nitrogens with one attached hydrogen (secondary N) is 1. The first-order valence-electron chi connectivity index (χ1n) is 8.22. The molecule has 116 valence electrons. The first-order valence-corrected chi connectivity index (χ1v) is 8.22. The lowest BCUT2D eigenvalue weighted by Gasteiger charge is -2.36. The van der Waals surface area contributed by atoms with E-state index < -0.39 is 0 Å². The van der Waals surface area contributed by atoms with Gasteiger partial charge in [-0.05, 0) is 32.6 Å². The number of nitrogens with zero attached hydrogens (tertiary/aromatic N) is 3. The Morgan fingerprint density at radius 1 is 1.24 bits per heavy atom. The predicted octanol–water partition coefficient (Wildman–Crippen LogP) is 2.53. The topological polar surface area (TPSA) is 61.3 Å². The summed E-state index contributed by atoms with van der Waals surface area (Å²) in [4.78, 5) is 11.5. The van der Waals surface area contributed by atoms with Crippen LogP contribution in [0.2, 0.25) is 0 Å². The van der Waals surface area contributed by atoms with Gasteiger partial charge in [-0.3, -0.25) is 0 Å². The maximum atomic E-state index is 10.3. The third-order valence-corrected chi connectivity index (χ3v) is 4.58. The van der Waals surface area contributed by atoms with Crippen LogP contribution in [0.5, 0.6) is 0 Å². The molecule has 1 aromatic heterocycles. The molecule has 21 heavy (non-hydrogen) atoms. The van der Waals surface area contributed by atoms with Crippen molar-refractivity contribution in [2.45, 2.75) is 63.5 Å². The second-order valence-electron chi connectivity index (χ2n) is 6.30. The molecule has 0 bridgehead atoms. The standard InChI is InChI=1S/C16H26N4O/c1-3-17-14-10-15(19-16(18-14)11-8-9-11)20(2)12-6-4-5-7-13(12)21/h10-13,21H,3-9H2,1-2H3,(H,17,18,19). The van der Waals surface area contributed by atoms with Crippen LogP contribution in [0.1, 0.15) is 57.2 Å². The third kappa shape index (κ3) is 3.28. The van der Waals surface area contributed by atoms with Gasteiger partial charge in [0, 0.05) is 25.6 Å². The van der Waals surface area contributed by atoms with Crippen molar-refractivity contribution in [3.63, 3.8) is 0 Å². The van der Waals surface area contributed by atoms with E-state index in [9.17, 15) is 5.11 Å². The van der Waals surface area contributed by atoms with Crippen molar-refractivity contribution in [1.29, 1.82) is 0 Å². The molecule has 5 nitrogen and oxygen atoms in total. The fourth-order valence-electron chi connectivity index (χ4n) is 3.14. The molecule has 3 rings (SSSR count). The Labute approximate surface area is 126 Å². The van der Waals surface area contributed by atoms with E-state index in [1.165, 1.54) is 19.3 Å². The molecule has 2 N–H and O–H groups in total. The quantitative estimate of drug-likeness (QED) is 0.872. The molecule has 2 saturated carbocycles. The van der Waals surface area contributed by atoms with Crippen LogP contribution >= 0.6 is 0 Å². The number of aliphatic hydroxyl groups is 1. The summed E-state index contributed by atoms with van der Waals surface area (Å²) in [7, 11) is 2.05. The van der Waals surface area contributed by atoms with E-state index in [4.69, 9.17) is 4.98 Å². The summed E-state index contributed by atoms with van der Waals surface area (Å²) in [6.07, 6.45) is 6.41. The highest BCUT2D eigenvalue weighted by atomic mass is 16.3. The SMILES string of the molecule is CCNc1cc(N(C)C2CCCCC2O)nc(C2CC2)n1. The molecule has 0 spiro atoms. The minimum absolute atomic E-state index is 0.176. The molecular weight excluding hydrogens is 264 g/mol. The van der Waals surface area contributed by atoms with Crippen molar-refractivity contribution in [2.24, 2.45) is 0 Å². The lowest BCUT2D eigenvalue weighted by molar-refractivity contribution is 0.106. The Bertz CT molecular complexity index is 489. The molecule has 2 unspecified atom stereocenters. The zero-order valence-corrected chi connectivity index (χ0v) is 13.0. The predicted molar refractivity (Wildman–Crippen MR) is 84.8 cm³/mol. The molecular formula is C16H26N4O. The highest BCUT2D eigenvalue weighted by Crippen LogP contribution is 2.39. The number of likely N-dealkylation sites (N-methyl/N-ethyl adjacent to an activating group) is 1. The summed E-state index contributed by atoms with van der Waals surface area (Å²) < 4.78 is 0. The molecule has 2 fully saturated rings. The molecule has 2 aliphatic carbocycles. The van der Waals surface area contributed by atoms with E-state index in [-0.39, 0.29) is 12.1 Å². The summed E-state index contributed by atoms with van der Waals surface area (Å²) in [6.45, 7) is 2.93. The van der Waals surface area contributed by atoms with E-state index >= 15 is 0 Å². The second-order valence-corrected chi connectivity index (χ2v) is 6.30. The van der Waals surface area contributed by atoms with E-state index in [1.807, 2.05) is 13.1 Å². The molecule has 0 saturated heterocycles. The first kappa shape index (κ1) is 14.6. The second kappa shape index (κ2) is 6.18. The van der Waals surface area contributed by atoms with Gasteiger partial charge in [0.25, 0.3) is 0 Å². The molecule has 2 atom stereocenters. The molecule has 0 aromatic carbocycles. The van der Waals surface area contributed by atoms with Gasteiger partial charge < -0.3 is 15.3 Å². The third-order valence-electron chi connectivity index (χ3n) is 4.58. The minimum Gasteiger partial charge on any atom is -0.391 e. The first-order chi connectivity index (χ1) is 10.2.